The van der Waals surface area contributed by atoms with Gasteiger partial charge in [-0.2, -0.15) is 23.0 Å². The predicted molar refractivity (Wildman–Crippen MR) is 123 cm³/mol. The Kier molecular flexibility index (Phi) is 6.40. The van der Waals surface area contributed by atoms with Crippen LogP contribution in [0.25, 0.3) is 16.9 Å². The van der Waals surface area contributed by atoms with Gasteiger partial charge in [-0.05, 0) is 68.8 Å². The van der Waals surface area contributed by atoms with E-state index in [4.69, 9.17) is 9.47 Å². The van der Waals surface area contributed by atoms with E-state index in [-0.39, 0.29) is 5.69 Å². The topological polar surface area (TPSA) is 56.6 Å². The van der Waals surface area contributed by atoms with Crippen LogP contribution in [0.1, 0.15) is 28.7 Å². The SMILES string of the molecule is COc1cc(OC)cc(-c2nn(-c3cc(CN(C)C)ccc3C(F)(F)F)c(=O)c3c2CCC3)c1. The van der Waals surface area contributed by atoms with Gasteiger partial charge in [0.05, 0.1) is 31.2 Å². The zero-order valence-electron chi connectivity index (χ0n) is 19.5. The van der Waals surface area contributed by atoms with Gasteiger partial charge in [-0.3, -0.25) is 4.79 Å². The Bertz CT molecular complexity index is 1260. The molecule has 1 aliphatic rings. The van der Waals surface area contributed by atoms with E-state index < -0.39 is 17.3 Å². The lowest BCUT2D eigenvalue weighted by Gasteiger charge is -2.19. The molecule has 1 aliphatic carbocycles. The number of nitrogens with zero attached hydrogens (tertiary/aromatic N) is 3. The molecule has 0 fully saturated rings. The summed E-state index contributed by atoms with van der Waals surface area (Å²) in [5, 5.41) is 4.51. The first-order chi connectivity index (χ1) is 16.1. The number of methoxy groups -OCH3 is 2. The zero-order valence-corrected chi connectivity index (χ0v) is 19.5. The number of halogens is 3. The molecule has 1 aromatic heterocycles. The second-order valence-corrected chi connectivity index (χ2v) is 8.56. The van der Waals surface area contributed by atoms with Crippen LogP contribution in [0.4, 0.5) is 13.2 Å². The van der Waals surface area contributed by atoms with Crippen LogP contribution in [-0.4, -0.2) is 43.0 Å². The first-order valence-electron chi connectivity index (χ1n) is 10.9. The molecule has 0 N–H and O–H groups in total. The van der Waals surface area contributed by atoms with Crippen LogP contribution in [0.5, 0.6) is 11.5 Å². The van der Waals surface area contributed by atoms with Crippen molar-refractivity contribution < 1.29 is 22.6 Å². The highest BCUT2D eigenvalue weighted by molar-refractivity contribution is 5.69. The number of ether oxygens (including phenoxy) is 2. The van der Waals surface area contributed by atoms with Crippen molar-refractivity contribution in [3.8, 4) is 28.4 Å². The standard InChI is InChI=1S/C25H26F3N3O3/c1-30(2)14-15-8-9-21(25(26,27)28)22(10-15)31-24(32)20-7-5-6-19(20)23(29-31)16-11-17(33-3)13-18(12-16)34-4/h8-13H,5-7,14H2,1-4H3. The highest BCUT2D eigenvalue weighted by Crippen LogP contribution is 2.37. The van der Waals surface area contributed by atoms with E-state index in [1.807, 2.05) is 19.0 Å². The lowest BCUT2D eigenvalue weighted by Crippen LogP contribution is -2.28. The summed E-state index contributed by atoms with van der Waals surface area (Å²) in [5.74, 6) is 1.04. The monoisotopic (exact) mass is 473 g/mol. The molecule has 2 aromatic carbocycles. The number of hydrogen-bond acceptors (Lipinski definition) is 5. The molecule has 180 valence electrons. The molecular formula is C25H26F3N3O3. The Balaban J connectivity index is 2.01. The van der Waals surface area contributed by atoms with Crippen LogP contribution in [0.15, 0.2) is 41.2 Å². The molecule has 3 aromatic rings. The minimum Gasteiger partial charge on any atom is -0.497 e. The van der Waals surface area contributed by atoms with E-state index in [2.05, 4.69) is 5.10 Å². The summed E-state index contributed by atoms with van der Waals surface area (Å²) in [5.41, 5.74) is 1.27. The van der Waals surface area contributed by atoms with Gasteiger partial charge in [-0.25, -0.2) is 0 Å². The molecule has 6 nitrogen and oxygen atoms in total. The Morgan fingerprint density at radius 3 is 2.24 bits per heavy atom. The predicted octanol–water partition coefficient (Wildman–Crippen LogP) is 4.49. The van der Waals surface area contributed by atoms with Gasteiger partial charge in [0.2, 0.25) is 0 Å². The molecule has 0 atom stereocenters. The molecule has 0 aliphatic heterocycles. The molecule has 0 saturated heterocycles. The fraction of sp³-hybridized carbons (Fsp3) is 0.360. The number of benzene rings is 2. The molecule has 4 rings (SSSR count). The lowest BCUT2D eigenvalue weighted by molar-refractivity contribution is -0.137. The third-order valence-corrected chi connectivity index (χ3v) is 5.87. The number of aromatic nitrogens is 2. The molecule has 0 bridgehead atoms. The van der Waals surface area contributed by atoms with Crippen LogP contribution < -0.4 is 15.0 Å². The summed E-state index contributed by atoms with van der Waals surface area (Å²) in [6.07, 6.45) is -2.80. The van der Waals surface area contributed by atoms with Crippen molar-refractivity contribution in [3.63, 3.8) is 0 Å². The molecule has 9 heteroatoms. The van der Waals surface area contributed by atoms with Gasteiger partial charge >= 0.3 is 6.18 Å². The average molecular weight is 473 g/mol. The van der Waals surface area contributed by atoms with E-state index in [1.165, 1.54) is 26.4 Å². The van der Waals surface area contributed by atoms with Crippen LogP contribution in [0.3, 0.4) is 0 Å². The molecule has 1 heterocycles. The fourth-order valence-electron chi connectivity index (χ4n) is 4.37. The number of fused-ring (bicyclic) bond motifs is 1. The maximum atomic E-state index is 14.0. The van der Waals surface area contributed by atoms with Gasteiger partial charge in [0.1, 0.15) is 11.5 Å². The fourth-order valence-corrected chi connectivity index (χ4v) is 4.37. The van der Waals surface area contributed by atoms with Crippen molar-refractivity contribution >= 4 is 0 Å². The van der Waals surface area contributed by atoms with Crippen molar-refractivity contribution in [1.82, 2.24) is 14.7 Å². The molecule has 34 heavy (non-hydrogen) atoms. The molecule has 0 saturated carbocycles. The number of rotatable bonds is 6. The normalized spacial score (nSPS) is 13.3. The Morgan fingerprint density at radius 1 is 1.00 bits per heavy atom. The van der Waals surface area contributed by atoms with Gasteiger partial charge in [0, 0.05) is 23.7 Å². The minimum atomic E-state index is -4.65. The van der Waals surface area contributed by atoms with Gasteiger partial charge in [0.15, 0.2) is 0 Å². The van der Waals surface area contributed by atoms with Crippen LogP contribution in [-0.2, 0) is 25.6 Å². The summed E-state index contributed by atoms with van der Waals surface area (Å²) in [6.45, 7) is 0.421. The molecule has 0 radical (unpaired) electrons. The zero-order chi connectivity index (χ0) is 24.6. The van der Waals surface area contributed by atoms with Crippen molar-refractivity contribution in [2.45, 2.75) is 32.0 Å². The van der Waals surface area contributed by atoms with Crippen LogP contribution >= 0.6 is 0 Å². The first-order valence-corrected chi connectivity index (χ1v) is 10.9. The average Bonchev–Trinajstić information content (AvgIpc) is 3.28. The number of hydrogen-bond donors (Lipinski definition) is 0. The van der Waals surface area contributed by atoms with Crippen molar-refractivity contribution in [2.24, 2.45) is 0 Å². The summed E-state index contributed by atoms with van der Waals surface area (Å²) in [7, 11) is 6.68. The first kappa shape index (κ1) is 23.8. The maximum Gasteiger partial charge on any atom is 0.418 e. The third kappa shape index (κ3) is 4.52. The van der Waals surface area contributed by atoms with Crippen molar-refractivity contribution in [3.05, 3.63) is 69.0 Å². The smallest absolute Gasteiger partial charge is 0.418 e. The Labute approximate surface area is 195 Å². The van der Waals surface area contributed by atoms with Crippen LogP contribution in [0.2, 0.25) is 0 Å². The molecular weight excluding hydrogens is 447 g/mol. The van der Waals surface area contributed by atoms with Gasteiger partial charge < -0.3 is 14.4 Å². The van der Waals surface area contributed by atoms with Gasteiger partial charge in [-0.15, -0.1) is 0 Å². The number of alkyl halides is 3. The highest BCUT2D eigenvalue weighted by Gasteiger charge is 2.35. The largest absolute Gasteiger partial charge is 0.497 e. The Morgan fingerprint density at radius 2 is 1.65 bits per heavy atom. The van der Waals surface area contributed by atoms with Gasteiger partial charge in [0.25, 0.3) is 5.56 Å². The summed E-state index contributed by atoms with van der Waals surface area (Å²) in [4.78, 5) is 15.2. The maximum absolute atomic E-state index is 14.0. The van der Waals surface area contributed by atoms with Gasteiger partial charge in [-0.1, -0.05) is 6.07 Å². The Hall–Kier alpha value is -3.33. The van der Waals surface area contributed by atoms with Crippen LogP contribution in [0, 0.1) is 0 Å². The minimum absolute atomic E-state index is 0.275. The summed E-state index contributed by atoms with van der Waals surface area (Å²) >= 11 is 0. The molecule has 0 unspecified atom stereocenters. The lowest BCUT2D eigenvalue weighted by atomic mass is 10.0. The third-order valence-electron chi connectivity index (χ3n) is 5.87. The van der Waals surface area contributed by atoms with E-state index in [9.17, 15) is 18.0 Å². The van der Waals surface area contributed by atoms with Crippen molar-refractivity contribution in [2.75, 3.05) is 28.3 Å². The second kappa shape index (κ2) is 9.13. The summed E-state index contributed by atoms with van der Waals surface area (Å²) < 4.78 is 53.5. The van der Waals surface area contributed by atoms with Crippen molar-refractivity contribution in [1.29, 1.82) is 0 Å². The van der Waals surface area contributed by atoms with E-state index in [0.717, 1.165) is 22.7 Å². The molecule has 0 spiro atoms. The van der Waals surface area contributed by atoms with E-state index >= 15 is 0 Å². The quantitative estimate of drug-likeness (QED) is 0.528. The second-order valence-electron chi connectivity index (χ2n) is 8.56. The van der Waals surface area contributed by atoms with E-state index in [1.54, 1.807) is 18.2 Å². The highest BCUT2D eigenvalue weighted by atomic mass is 19.4. The molecule has 0 amide bonds. The summed E-state index contributed by atoms with van der Waals surface area (Å²) in [6, 6.07) is 9.03. The van der Waals surface area contributed by atoms with E-state index in [0.29, 0.717) is 53.3 Å².